The molecule has 0 radical (unpaired) electrons. The summed E-state index contributed by atoms with van der Waals surface area (Å²) in [5.41, 5.74) is 3.70. The van der Waals surface area contributed by atoms with Crippen molar-refractivity contribution in [3.05, 3.63) is 35.8 Å². The van der Waals surface area contributed by atoms with Gasteiger partial charge in [-0.05, 0) is 50.2 Å². The predicted octanol–water partition coefficient (Wildman–Crippen LogP) is 3.28. The van der Waals surface area contributed by atoms with Gasteiger partial charge in [0.1, 0.15) is 5.65 Å². The highest BCUT2D eigenvalue weighted by Crippen LogP contribution is 2.34. The lowest BCUT2D eigenvalue weighted by Gasteiger charge is -2.35. The normalized spacial score (nSPS) is 18.8. The molecule has 0 aromatic carbocycles. The van der Waals surface area contributed by atoms with Crippen LogP contribution >= 0.6 is 0 Å². The number of fused-ring (bicyclic) bond motifs is 1. The van der Waals surface area contributed by atoms with Crippen LogP contribution in [0.1, 0.15) is 50.9 Å². The first-order chi connectivity index (χ1) is 11.5. The number of guanidine groups is 1. The molecule has 0 bridgehead atoms. The fraction of sp³-hybridized carbons (Fsp3) is 0.579. The van der Waals surface area contributed by atoms with Crippen molar-refractivity contribution >= 4 is 11.6 Å². The van der Waals surface area contributed by atoms with Gasteiger partial charge in [-0.3, -0.25) is 4.99 Å². The van der Waals surface area contributed by atoms with Crippen LogP contribution in [-0.2, 0) is 6.54 Å². The maximum atomic E-state index is 4.66. The van der Waals surface area contributed by atoms with Crippen molar-refractivity contribution in [2.24, 2.45) is 10.4 Å². The molecule has 130 valence electrons. The van der Waals surface area contributed by atoms with Crippen molar-refractivity contribution in [3.8, 4) is 0 Å². The summed E-state index contributed by atoms with van der Waals surface area (Å²) in [5, 5.41) is 6.96. The van der Waals surface area contributed by atoms with Gasteiger partial charge in [0.05, 0.1) is 12.2 Å². The van der Waals surface area contributed by atoms with Crippen molar-refractivity contribution in [1.29, 1.82) is 0 Å². The van der Waals surface area contributed by atoms with E-state index in [4.69, 9.17) is 0 Å². The highest BCUT2D eigenvalue weighted by Gasteiger charge is 2.27. The van der Waals surface area contributed by atoms with Crippen LogP contribution in [-0.4, -0.2) is 28.4 Å². The number of hydrogen-bond acceptors (Lipinski definition) is 2. The fourth-order valence-electron chi connectivity index (χ4n) is 3.39. The number of aliphatic imine (C=N–C) groups is 1. The van der Waals surface area contributed by atoms with Gasteiger partial charge < -0.3 is 15.0 Å². The summed E-state index contributed by atoms with van der Waals surface area (Å²) in [6, 6.07) is 6.69. The van der Waals surface area contributed by atoms with E-state index in [1.807, 2.05) is 19.2 Å². The second-order valence-corrected chi connectivity index (χ2v) is 7.64. The molecule has 1 saturated carbocycles. The lowest BCUT2D eigenvalue weighted by atomic mass is 9.75. The summed E-state index contributed by atoms with van der Waals surface area (Å²) < 4.78 is 2.12. The van der Waals surface area contributed by atoms with Crippen molar-refractivity contribution in [3.63, 3.8) is 0 Å². The molecule has 1 aliphatic carbocycles. The Bertz CT molecular complexity index is 718. The zero-order valence-corrected chi connectivity index (χ0v) is 15.3. The molecule has 0 atom stereocenters. The zero-order valence-electron chi connectivity index (χ0n) is 15.3. The van der Waals surface area contributed by atoms with Crippen LogP contribution in [0.4, 0.5) is 0 Å². The fourth-order valence-corrected chi connectivity index (χ4v) is 3.39. The first-order valence-corrected chi connectivity index (χ1v) is 8.88. The lowest BCUT2D eigenvalue weighted by Crippen LogP contribution is -2.45. The van der Waals surface area contributed by atoms with Crippen LogP contribution in [0.25, 0.3) is 5.65 Å². The molecule has 2 aromatic rings. The monoisotopic (exact) mass is 327 g/mol. The van der Waals surface area contributed by atoms with Gasteiger partial charge in [0.25, 0.3) is 0 Å². The maximum Gasteiger partial charge on any atom is 0.191 e. The van der Waals surface area contributed by atoms with E-state index in [1.165, 1.54) is 31.4 Å². The summed E-state index contributed by atoms with van der Waals surface area (Å²) in [5.74, 6) is 0.869. The summed E-state index contributed by atoms with van der Waals surface area (Å²) in [6.45, 7) is 7.50. The third-order valence-electron chi connectivity index (χ3n) is 5.09. The topological polar surface area (TPSA) is 53.7 Å². The molecular weight excluding hydrogens is 298 g/mol. The van der Waals surface area contributed by atoms with Gasteiger partial charge in [-0.15, -0.1) is 0 Å². The SMILES string of the molecule is CN=C(NCc1cn2c(C)cccc2n1)NC1CCC(C)(C)CC1. The number of pyridine rings is 1. The van der Waals surface area contributed by atoms with Crippen LogP contribution in [0.2, 0.25) is 0 Å². The van der Waals surface area contributed by atoms with Gasteiger partial charge in [-0.2, -0.15) is 0 Å². The summed E-state index contributed by atoms with van der Waals surface area (Å²) in [4.78, 5) is 9.03. The van der Waals surface area contributed by atoms with Crippen LogP contribution in [0.15, 0.2) is 29.4 Å². The van der Waals surface area contributed by atoms with Gasteiger partial charge in [0.15, 0.2) is 5.96 Å². The largest absolute Gasteiger partial charge is 0.354 e. The Kier molecular flexibility index (Phi) is 4.78. The number of rotatable bonds is 3. The second kappa shape index (κ2) is 6.83. The minimum absolute atomic E-state index is 0.490. The van der Waals surface area contributed by atoms with E-state index in [0.29, 0.717) is 18.0 Å². The summed E-state index contributed by atoms with van der Waals surface area (Å²) in [6.07, 6.45) is 7.05. The number of nitrogens with zero attached hydrogens (tertiary/aromatic N) is 3. The van der Waals surface area contributed by atoms with E-state index < -0.39 is 0 Å². The Morgan fingerprint density at radius 3 is 2.75 bits per heavy atom. The summed E-state index contributed by atoms with van der Waals surface area (Å²) in [7, 11) is 1.83. The number of hydrogen-bond donors (Lipinski definition) is 2. The van der Waals surface area contributed by atoms with Gasteiger partial charge in [0.2, 0.25) is 0 Å². The van der Waals surface area contributed by atoms with Crippen molar-refractivity contribution in [2.75, 3.05) is 7.05 Å². The highest BCUT2D eigenvalue weighted by molar-refractivity contribution is 5.79. The smallest absolute Gasteiger partial charge is 0.191 e. The average Bonchev–Trinajstić information content (AvgIpc) is 2.97. The predicted molar refractivity (Wildman–Crippen MR) is 99.3 cm³/mol. The number of imidazole rings is 1. The van der Waals surface area contributed by atoms with E-state index in [1.54, 1.807) is 0 Å². The van der Waals surface area contributed by atoms with Crippen LogP contribution in [0.5, 0.6) is 0 Å². The molecule has 2 N–H and O–H groups in total. The molecule has 2 heterocycles. The Morgan fingerprint density at radius 2 is 2.08 bits per heavy atom. The van der Waals surface area contributed by atoms with Crippen molar-refractivity contribution in [2.45, 2.75) is 59.0 Å². The minimum Gasteiger partial charge on any atom is -0.354 e. The lowest BCUT2D eigenvalue weighted by molar-refractivity contribution is 0.216. The summed E-state index contributed by atoms with van der Waals surface area (Å²) >= 11 is 0. The molecule has 0 spiro atoms. The van der Waals surface area contributed by atoms with E-state index in [2.05, 4.69) is 58.0 Å². The molecule has 0 aliphatic heterocycles. The van der Waals surface area contributed by atoms with Crippen molar-refractivity contribution in [1.82, 2.24) is 20.0 Å². The van der Waals surface area contributed by atoms with Gasteiger partial charge in [-0.1, -0.05) is 19.9 Å². The third-order valence-corrected chi connectivity index (χ3v) is 5.09. The second-order valence-electron chi connectivity index (χ2n) is 7.64. The Hall–Kier alpha value is -2.04. The quantitative estimate of drug-likeness (QED) is 0.672. The van der Waals surface area contributed by atoms with Gasteiger partial charge in [-0.25, -0.2) is 4.98 Å². The molecule has 5 heteroatoms. The highest BCUT2D eigenvalue weighted by atomic mass is 15.2. The van der Waals surface area contributed by atoms with Crippen molar-refractivity contribution < 1.29 is 0 Å². The molecule has 2 aromatic heterocycles. The van der Waals surface area contributed by atoms with E-state index in [9.17, 15) is 0 Å². The standard InChI is InChI=1S/C19H29N5/c1-14-6-5-7-17-22-16(13-24(14)17)12-21-18(20-4)23-15-8-10-19(2,3)11-9-15/h5-7,13,15H,8-12H2,1-4H3,(H2,20,21,23). The minimum atomic E-state index is 0.490. The van der Waals surface area contributed by atoms with Crippen LogP contribution in [0, 0.1) is 12.3 Å². The van der Waals surface area contributed by atoms with Crippen LogP contribution in [0.3, 0.4) is 0 Å². The molecule has 3 rings (SSSR count). The van der Waals surface area contributed by atoms with Crippen LogP contribution < -0.4 is 10.6 Å². The first-order valence-electron chi connectivity index (χ1n) is 8.88. The molecule has 0 saturated heterocycles. The Balaban J connectivity index is 1.57. The van der Waals surface area contributed by atoms with Gasteiger partial charge >= 0.3 is 0 Å². The molecular formula is C19H29N5. The molecule has 1 aliphatic rings. The average molecular weight is 327 g/mol. The Morgan fingerprint density at radius 1 is 1.33 bits per heavy atom. The van der Waals surface area contributed by atoms with E-state index in [-0.39, 0.29) is 0 Å². The first kappa shape index (κ1) is 16.8. The number of aromatic nitrogens is 2. The van der Waals surface area contributed by atoms with E-state index in [0.717, 1.165) is 17.3 Å². The molecule has 0 amide bonds. The Labute approximate surface area is 144 Å². The maximum absolute atomic E-state index is 4.66. The number of nitrogens with one attached hydrogen (secondary N) is 2. The third kappa shape index (κ3) is 3.89. The molecule has 1 fully saturated rings. The zero-order chi connectivity index (χ0) is 17.2. The molecule has 5 nitrogen and oxygen atoms in total. The number of aryl methyl sites for hydroxylation is 1. The molecule has 0 unspecified atom stereocenters. The van der Waals surface area contributed by atoms with Gasteiger partial charge in [0, 0.05) is 25.0 Å². The molecule has 24 heavy (non-hydrogen) atoms. The van der Waals surface area contributed by atoms with E-state index >= 15 is 0 Å².